The van der Waals surface area contributed by atoms with E-state index in [1.165, 1.54) is 5.01 Å². The van der Waals surface area contributed by atoms with Gasteiger partial charge in [-0.1, -0.05) is 54.1 Å². The highest BCUT2D eigenvalue weighted by molar-refractivity contribution is 7.90. The molecule has 0 radical (unpaired) electrons. The summed E-state index contributed by atoms with van der Waals surface area (Å²) >= 11 is 6.18. The fourth-order valence-electron chi connectivity index (χ4n) is 5.75. The SMILES string of the molecule is N=C(NS(=O)(=O)c1ccc(C(F)(F)F)cc1)N1C[C@@H](c2ccccc2)C(c2ccc(Cl)cc2)(C2CC(OS(N)(=O)=O)C2)N1. The molecule has 1 aliphatic carbocycles. The second-order valence-electron chi connectivity index (χ2n) is 10.4. The molecule has 2 fully saturated rings. The van der Waals surface area contributed by atoms with Crippen LogP contribution in [0.15, 0.2) is 83.8 Å². The molecule has 5 N–H and O–H groups in total. The highest BCUT2D eigenvalue weighted by atomic mass is 35.5. The predicted octanol–water partition coefficient (Wildman–Crippen LogP) is 4.07. The van der Waals surface area contributed by atoms with Gasteiger partial charge in [0.2, 0.25) is 5.96 Å². The van der Waals surface area contributed by atoms with E-state index in [0.717, 1.165) is 23.3 Å². The molecular formula is C27H27ClF3N5O5S2. The standard InChI is InChI=1S/C27H27ClF3N5O5S2/c28-21-10-6-18(7-11-21)26(20-14-22(15-20)41-43(33,39)40)24(17-4-2-1-3-5-17)16-36(35-26)25(32)34-42(37,38)23-12-8-19(9-13-23)27(29,30)31/h1-13,20,22,24,35H,14-16H2,(H2,32,34)(H2,33,39,40)/t20?,22?,24-,26?/m0/s1. The molecule has 1 saturated heterocycles. The van der Waals surface area contributed by atoms with E-state index in [0.29, 0.717) is 17.2 Å². The first-order valence-electron chi connectivity index (χ1n) is 12.9. The van der Waals surface area contributed by atoms with Crippen molar-refractivity contribution in [3.63, 3.8) is 0 Å². The van der Waals surface area contributed by atoms with Crippen LogP contribution in [0.3, 0.4) is 0 Å². The van der Waals surface area contributed by atoms with E-state index < -0.39 is 54.6 Å². The molecule has 0 amide bonds. The summed E-state index contributed by atoms with van der Waals surface area (Å²) in [5.41, 5.74) is 2.96. The molecular weight excluding hydrogens is 631 g/mol. The van der Waals surface area contributed by atoms with Crippen molar-refractivity contribution in [3.05, 3.63) is 101 Å². The summed E-state index contributed by atoms with van der Waals surface area (Å²) in [6, 6.07) is 19.3. The quantitative estimate of drug-likeness (QED) is 0.221. The maximum Gasteiger partial charge on any atom is 0.416 e. The number of halogens is 4. The van der Waals surface area contributed by atoms with Gasteiger partial charge >= 0.3 is 16.5 Å². The van der Waals surface area contributed by atoms with Gasteiger partial charge in [0.25, 0.3) is 10.0 Å². The second-order valence-corrected chi connectivity index (χ2v) is 13.7. The van der Waals surface area contributed by atoms with Crippen molar-refractivity contribution in [1.29, 1.82) is 5.41 Å². The largest absolute Gasteiger partial charge is 0.416 e. The van der Waals surface area contributed by atoms with Crippen LogP contribution in [0.1, 0.15) is 35.4 Å². The highest BCUT2D eigenvalue weighted by Gasteiger charge is 2.58. The molecule has 230 valence electrons. The number of hydrogen-bond donors (Lipinski definition) is 4. The van der Waals surface area contributed by atoms with Gasteiger partial charge in [-0.05, 0) is 66.3 Å². The number of rotatable bonds is 7. The van der Waals surface area contributed by atoms with E-state index >= 15 is 0 Å². The first kappa shape index (κ1) is 31.2. The summed E-state index contributed by atoms with van der Waals surface area (Å²) in [7, 11) is -8.62. The third-order valence-corrected chi connectivity index (χ3v) is 9.91. The zero-order valence-corrected chi connectivity index (χ0v) is 24.6. The van der Waals surface area contributed by atoms with Gasteiger partial charge in [0.1, 0.15) is 0 Å². The van der Waals surface area contributed by atoms with Gasteiger partial charge in [-0.15, -0.1) is 0 Å². The second kappa shape index (κ2) is 11.4. The molecule has 3 aromatic rings. The van der Waals surface area contributed by atoms with Crippen molar-refractivity contribution in [2.45, 2.75) is 41.5 Å². The Morgan fingerprint density at radius 2 is 1.60 bits per heavy atom. The molecule has 0 aromatic heterocycles. The van der Waals surface area contributed by atoms with Crippen molar-refractivity contribution < 1.29 is 34.2 Å². The topological polar surface area (TPSA) is 155 Å². The molecule has 10 nitrogen and oxygen atoms in total. The smallest absolute Gasteiger partial charge is 0.276 e. The van der Waals surface area contributed by atoms with Crippen molar-refractivity contribution in [2.75, 3.05) is 6.54 Å². The number of guanidine groups is 1. The average Bonchev–Trinajstić information content (AvgIpc) is 3.32. The molecule has 2 aliphatic rings. The van der Waals surface area contributed by atoms with Gasteiger partial charge in [-0.25, -0.2) is 23.7 Å². The summed E-state index contributed by atoms with van der Waals surface area (Å²) in [6.45, 7) is 0.109. The number of nitrogens with zero attached hydrogens (tertiary/aromatic N) is 1. The molecule has 3 aromatic carbocycles. The molecule has 5 rings (SSSR count). The Morgan fingerprint density at radius 3 is 2.16 bits per heavy atom. The number of sulfonamides is 1. The Balaban J connectivity index is 1.49. The van der Waals surface area contributed by atoms with Gasteiger partial charge in [-0.2, -0.15) is 21.6 Å². The normalized spacial score (nSPS) is 24.4. The number of benzene rings is 3. The molecule has 43 heavy (non-hydrogen) atoms. The first-order valence-corrected chi connectivity index (χ1v) is 16.3. The number of nitrogens with two attached hydrogens (primary N) is 1. The molecule has 1 unspecified atom stereocenters. The average molecular weight is 658 g/mol. The Morgan fingerprint density at radius 1 is 1.00 bits per heavy atom. The molecule has 0 bridgehead atoms. The summed E-state index contributed by atoms with van der Waals surface area (Å²) < 4.78 is 95.4. The van der Waals surface area contributed by atoms with Gasteiger partial charge in [0.05, 0.1) is 22.1 Å². The Labute approximate surface area is 251 Å². The number of nitrogens with one attached hydrogen (secondary N) is 3. The van der Waals surface area contributed by atoms with Crippen LogP contribution in [-0.2, 0) is 36.2 Å². The van der Waals surface area contributed by atoms with Crippen molar-refractivity contribution in [2.24, 2.45) is 11.1 Å². The summed E-state index contributed by atoms with van der Waals surface area (Å²) in [6.07, 6.45) is -4.74. The van der Waals surface area contributed by atoms with E-state index in [1.54, 1.807) is 24.3 Å². The Bertz CT molecular complexity index is 1700. The van der Waals surface area contributed by atoms with Gasteiger partial charge in [0.15, 0.2) is 0 Å². The lowest BCUT2D eigenvalue weighted by Gasteiger charge is -2.49. The molecule has 16 heteroatoms. The Hall–Kier alpha value is -3.21. The number of alkyl halides is 3. The van der Waals surface area contributed by atoms with Crippen LogP contribution >= 0.6 is 11.6 Å². The van der Waals surface area contributed by atoms with Crippen LogP contribution in [0.4, 0.5) is 13.2 Å². The summed E-state index contributed by atoms with van der Waals surface area (Å²) in [5, 5.41) is 15.6. The van der Waals surface area contributed by atoms with Gasteiger partial charge < -0.3 is 0 Å². The molecule has 1 heterocycles. The van der Waals surface area contributed by atoms with Crippen LogP contribution in [0.2, 0.25) is 5.02 Å². The van der Waals surface area contributed by atoms with Crippen molar-refractivity contribution in [1.82, 2.24) is 15.2 Å². The van der Waals surface area contributed by atoms with E-state index in [4.69, 9.17) is 26.3 Å². The number of hydrazine groups is 1. The minimum atomic E-state index is -4.64. The van der Waals surface area contributed by atoms with Crippen LogP contribution < -0.4 is 15.3 Å². The first-order chi connectivity index (χ1) is 20.1. The highest BCUT2D eigenvalue weighted by Crippen LogP contribution is 2.54. The van der Waals surface area contributed by atoms with Gasteiger partial charge in [-0.3, -0.25) is 14.6 Å². The molecule has 1 aliphatic heterocycles. The van der Waals surface area contributed by atoms with Crippen molar-refractivity contribution >= 4 is 37.9 Å². The predicted molar refractivity (Wildman–Crippen MR) is 152 cm³/mol. The lowest BCUT2D eigenvalue weighted by Crippen LogP contribution is -2.58. The third kappa shape index (κ3) is 6.51. The Kier molecular flexibility index (Phi) is 8.26. The van der Waals surface area contributed by atoms with Crippen LogP contribution in [0.25, 0.3) is 0 Å². The minimum absolute atomic E-state index is 0.109. The third-order valence-electron chi connectivity index (χ3n) is 7.76. The molecule has 1 saturated carbocycles. The minimum Gasteiger partial charge on any atom is -0.276 e. The van der Waals surface area contributed by atoms with Crippen LogP contribution in [-0.4, -0.2) is 40.5 Å². The fourth-order valence-corrected chi connectivity index (χ4v) is 7.39. The van der Waals surface area contributed by atoms with Crippen LogP contribution in [0.5, 0.6) is 0 Å². The van der Waals surface area contributed by atoms with Crippen molar-refractivity contribution in [3.8, 4) is 0 Å². The molecule has 0 spiro atoms. The van der Waals surface area contributed by atoms with Crippen LogP contribution in [0, 0.1) is 11.3 Å². The zero-order valence-electron chi connectivity index (χ0n) is 22.3. The lowest BCUT2D eigenvalue weighted by atomic mass is 9.60. The number of hydrogen-bond acceptors (Lipinski definition) is 7. The maximum absolute atomic E-state index is 13.1. The molecule has 2 atom stereocenters. The summed E-state index contributed by atoms with van der Waals surface area (Å²) in [5.74, 6) is -1.20. The maximum atomic E-state index is 13.1. The fraction of sp³-hybridized carbons (Fsp3) is 0.296. The lowest BCUT2D eigenvalue weighted by molar-refractivity contribution is -0.137. The monoisotopic (exact) mass is 657 g/mol. The zero-order chi connectivity index (χ0) is 31.2. The van der Waals surface area contributed by atoms with E-state index in [9.17, 15) is 30.0 Å². The van der Waals surface area contributed by atoms with Gasteiger partial charge in [0, 0.05) is 17.5 Å². The van der Waals surface area contributed by atoms with E-state index in [2.05, 4.69) is 10.1 Å². The van der Waals surface area contributed by atoms with E-state index in [-0.39, 0.29) is 31.2 Å². The van der Waals surface area contributed by atoms with E-state index in [1.807, 2.05) is 30.3 Å². The summed E-state index contributed by atoms with van der Waals surface area (Å²) in [4.78, 5) is -0.449.